The summed E-state index contributed by atoms with van der Waals surface area (Å²) in [7, 11) is 0. The van der Waals surface area contributed by atoms with Crippen LogP contribution in [-0.2, 0) is 11.2 Å². The normalized spacial score (nSPS) is 10.4. The monoisotopic (exact) mass is 400 g/mol. The predicted octanol–water partition coefficient (Wildman–Crippen LogP) is 2.56. The molecule has 0 spiro atoms. The summed E-state index contributed by atoms with van der Waals surface area (Å²) in [4.78, 5) is 36.0. The van der Waals surface area contributed by atoms with Crippen LogP contribution in [-0.4, -0.2) is 11.8 Å². The van der Waals surface area contributed by atoms with Gasteiger partial charge in [0.05, 0.1) is 6.42 Å². The van der Waals surface area contributed by atoms with Crippen LogP contribution < -0.4 is 16.5 Å². The number of amides is 2. The van der Waals surface area contributed by atoms with Crippen LogP contribution in [0.1, 0.15) is 15.9 Å². The van der Waals surface area contributed by atoms with E-state index in [4.69, 9.17) is 4.42 Å². The molecule has 0 aliphatic heterocycles. The average molecular weight is 401 g/mol. The van der Waals surface area contributed by atoms with Gasteiger partial charge in [-0.1, -0.05) is 46.3 Å². The Balaban J connectivity index is 1.70. The summed E-state index contributed by atoms with van der Waals surface area (Å²) in [5.41, 5.74) is 4.74. The highest BCUT2D eigenvalue weighted by molar-refractivity contribution is 9.10. The third kappa shape index (κ3) is 4.13. The number of halogens is 1. The van der Waals surface area contributed by atoms with Gasteiger partial charge in [-0.15, -0.1) is 0 Å². The molecule has 0 aliphatic rings. The molecule has 0 radical (unpaired) electrons. The van der Waals surface area contributed by atoms with E-state index >= 15 is 0 Å². The fourth-order valence-corrected chi connectivity index (χ4v) is 2.65. The Morgan fingerprint density at radius 3 is 2.52 bits per heavy atom. The molecule has 3 aromatic rings. The zero-order chi connectivity index (χ0) is 17.8. The van der Waals surface area contributed by atoms with Gasteiger partial charge in [0.1, 0.15) is 11.1 Å². The molecule has 0 bridgehead atoms. The minimum absolute atomic E-state index is 0.112. The summed E-state index contributed by atoms with van der Waals surface area (Å²) in [6.45, 7) is 0. The molecule has 0 saturated carbocycles. The summed E-state index contributed by atoms with van der Waals surface area (Å²) in [6, 6.07) is 15.6. The molecule has 7 heteroatoms. The number of hydrogen-bond acceptors (Lipinski definition) is 4. The lowest BCUT2D eigenvalue weighted by Crippen LogP contribution is -2.43. The van der Waals surface area contributed by atoms with E-state index in [1.54, 1.807) is 30.3 Å². The molecule has 2 N–H and O–H groups in total. The van der Waals surface area contributed by atoms with Crippen LogP contribution in [0, 0.1) is 0 Å². The summed E-state index contributed by atoms with van der Waals surface area (Å²) >= 11 is 3.32. The maximum atomic E-state index is 12.2. The van der Waals surface area contributed by atoms with Crippen molar-refractivity contribution in [3.8, 4) is 0 Å². The van der Waals surface area contributed by atoms with Crippen molar-refractivity contribution >= 4 is 38.7 Å². The Labute approximate surface area is 150 Å². The molecule has 126 valence electrons. The lowest BCUT2D eigenvalue weighted by Gasteiger charge is -2.07. The van der Waals surface area contributed by atoms with Gasteiger partial charge in [0.2, 0.25) is 5.91 Å². The highest BCUT2D eigenvalue weighted by Crippen LogP contribution is 2.19. The van der Waals surface area contributed by atoms with E-state index < -0.39 is 17.4 Å². The number of carbonyl (C=O) groups is 2. The lowest BCUT2D eigenvalue weighted by atomic mass is 10.1. The third-order valence-electron chi connectivity index (χ3n) is 3.46. The molecule has 2 amide bonds. The van der Waals surface area contributed by atoms with Crippen LogP contribution in [0.4, 0.5) is 0 Å². The number of fused-ring (bicyclic) bond motifs is 1. The van der Waals surface area contributed by atoms with E-state index in [0.29, 0.717) is 11.0 Å². The Kier molecular flexibility index (Phi) is 4.95. The fraction of sp³-hybridized carbons (Fsp3) is 0.0556. The molecule has 6 nitrogen and oxygen atoms in total. The van der Waals surface area contributed by atoms with Crippen LogP contribution in [0.15, 0.2) is 68.3 Å². The van der Waals surface area contributed by atoms with Crippen molar-refractivity contribution in [3.63, 3.8) is 0 Å². The maximum Gasteiger partial charge on any atom is 0.349 e. The number of rotatable bonds is 3. The third-order valence-corrected chi connectivity index (χ3v) is 3.96. The topological polar surface area (TPSA) is 88.4 Å². The molecule has 0 fully saturated rings. The van der Waals surface area contributed by atoms with Crippen molar-refractivity contribution in [3.05, 3.63) is 80.6 Å². The van der Waals surface area contributed by atoms with Gasteiger partial charge in [-0.05, 0) is 29.8 Å². The Morgan fingerprint density at radius 2 is 1.76 bits per heavy atom. The van der Waals surface area contributed by atoms with E-state index in [2.05, 4.69) is 26.8 Å². The van der Waals surface area contributed by atoms with Gasteiger partial charge in [0.25, 0.3) is 5.91 Å². The molecular weight excluding hydrogens is 388 g/mol. The number of benzene rings is 2. The molecule has 0 atom stereocenters. The first-order valence-electron chi connectivity index (χ1n) is 7.39. The summed E-state index contributed by atoms with van der Waals surface area (Å²) in [5.74, 6) is -1.13. The molecule has 2 aromatic carbocycles. The molecular formula is C18H13BrN2O4. The van der Waals surface area contributed by atoms with Crippen molar-refractivity contribution in [2.45, 2.75) is 6.42 Å². The van der Waals surface area contributed by atoms with Crippen LogP contribution in [0.2, 0.25) is 0 Å². The van der Waals surface area contributed by atoms with Gasteiger partial charge in [-0.2, -0.15) is 0 Å². The average Bonchev–Trinajstić information content (AvgIpc) is 2.60. The Hall–Kier alpha value is -2.93. The largest absolute Gasteiger partial charge is 0.422 e. The van der Waals surface area contributed by atoms with Gasteiger partial charge in [-0.3, -0.25) is 20.4 Å². The van der Waals surface area contributed by atoms with Gasteiger partial charge < -0.3 is 4.42 Å². The van der Waals surface area contributed by atoms with Crippen molar-refractivity contribution in [2.24, 2.45) is 0 Å². The number of nitrogens with one attached hydrogen (secondary N) is 2. The molecule has 3 rings (SSSR count). The van der Waals surface area contributed by atoms with Crippen LogP contribution in [0.5, 0.6) is 0 Å². The van der Waals surface area contributed by atoms with E-state index in [-0.39, 0.29) is 12.0 Å². The van der Waals surface area contributed by atoms with Crippen molar-refractivity contribution in [1.29, 1.82) is 0 Å². The van der Waals surface area contributed by atoms with Gasteiger partial charge >= 0.3 is 5.63 Å². The molecule has 0 unspecified atom stereocenters. The minimum Gasteiger partial charge on any atom is -0.422 e. The summed E-state index contributed by atoms with van der Waals surface area (Å²) in [5, 5.41) is 0.592. The van der Waals surface area contributed by atoms with Gasteiger partial charge in [-0.25, -0.2) is 4.79 Å². The van der Waals surface area contributed by atoms with E-state index in [9.17, 15) is 14.4 Å². The first-order chi connectivity index (χ1) is 12.0. The number of hydrazine groups is 1. The fourth-order valence-electron chi connectivity index (χ4n) is 2.27. The molecule has 1 aromatic heterocycles. The van der Waals surface area contributed by atoms with E-state index in [0.717, 1.165) is 10.0 Å². The summed E-state index contributed by atoms with van der Waals surface area (Å²) < 4.78 is 5.91. The van der Waals surface area contributed by atoms with Gasteiger partial charge in [0, 0.05) is 9.86 Å². The van der Waals surface area contributed by atoms with Crippen LogP contribution >= 0.6 is 15.9 Å². The predicted molar refractivity (Wildman–Crippen MR) is 95.9 cm³/mol. The van der Waals surface area contributed by atoms with Crippen LogP contribution in [0.3, 0.4) is 0 Å². The quantitative estimate of drug-likeness (QED) is 0.522. The second-order valence-corrected chi connectivity index (χ2v) is 6.21. The highest BCUT2D eigenvalue weighted by Gasteiger charge is 2.14. The van der Waals surface area contributed by atoms with Crippen molar-refractivity contribution in [2.75, 3.05) is 0 Å². The van der Waals surface area contributed by atoms with E-state index in [1.807, 2.05) is 18.2 Å². The lowest BCUT2D eigenvalue weighted by molar-refractivity contribution is -0.121. The zero-order valence-electron chi connectivity index (χ0n) is 12.9. The van der Waals surface area contributed by atoms with Crippen LogP contribution in [0.25, 0.3) is 11.0 Å². The first kappa shape index (κ1) is 16.9. The molecule has 1 heterocycles. The SMILES string of the molecule is O=C(Cc1ccccc1)NNC(=O)c1cc2cc(Br)ccc2oc1=O. The van der Waals surface area contributed by atoms with Crippen molar-refractivity contribution in [1.82, 2.24) is 10.9 Å². The number of hydrogen-bond donors (Lipinski definition) is 2. The molecule has 25 heavy (non-hydrogen) atoms. The summed E-state index contributed by atoms with van der Waals surface area (Å²) in [6.07, 6.45) is 0.112. The first-order valence-corrected chi connectivity index (χ1v) is 8.19. The van der Waals surface area contributed by atoms with Gasteiger partial charge in [0.15, 0.2) is 0 Å². The Morgan fingerprint density at radius 1 is 1.00 bits per heavy atom. The Bertz CT molecular complexity index is 999. The maximum absolute atomic E-state index is 12.2. The number of carbonyl (C=O) groups excluding carboxylic acids is 2. The second-order valence-electron chi connectivity index (χ2n) is 5.29. The zero-order valence-corrected chi connectivity index (χ0v) is 14.5. The van der Waals surface area contributed by atoms with Crippen molar-refractivity contribution < 1.29 is 14.0 Å². The minimum atomic E-state index is -0.773. The van der Waals surface area contributed by atoms with E-state index in [1.165, 1.54) is 6.07 Å². The molecule has 0 saturated heterocycles. The second kappa shape index (κ2) is 7.31. The standard InChI is InChI=1S/C18H13BrN2O4/c19-13-6-7-15-12(9-13)10-14(18(24)25-15)17(23)21-20-16(22)8-11-4-2-1-3-5-11/h1-7,9-10H,8H2,(H,20,22)(H,21,23). The smallest absolute Gasteiger partial charge is 0.349 e. The molecule has 0 aliphatic carbocycles. The highest BCUT2D eigenvalue weighted by atomic mass is 79.9.